The minimum absolute atomic E-state index is 0.0984. The van der Waals surface area contributed by atoms with Crippen LogP contribution in [-0.4, -0.2) is 38.7 Å². The van der Waals surface area contributed by atoms with Crippen LogP contribution in [0.15, 0.2) is 48.7 Å². The van der Waals surface area contributed by atoms with Gasteiger partial charge in [-0.15, -0.1) is 11.3 Å². The van der Waals surface area contributed by atoms with E-state index in [2.05, 4.69) is 20.6 Å². The van der Waals surface area contributed by atoms with Crippen molar-refractivity contribution in [2.75, 3.05) is 11.9 Å². The number of amides is 1. The van der Waals surface area contributed by atoms with Gasteiger partial charge in [-0.25, -0.2) is 9.97 Å². The zero-order chi connectivity index (χ0) is 21.7. The van der Waals surface area contributed by atoms with E-state index in [1.165, 1.54) is 11.3 Å². The lowest BCUT2D eigenvalue weighted by molar-refractivity contribution is 0.0901. The van der Waals surface area contributed by atoms with Crippen LogP contribution in [0, 0.1) is 5.92 Å². The van der Waals surface area contributed by atoms with Crippen molar-refractivity contribution in [1.29, 1.82) is 0 Å². The topological polar surface area (TPSA) is 107 Å². The Morgan fingerprint density at radius 2 is 1.97 bits per heavy atom. The van der Waals surface area contributed by atoms with Crippen molar-refractivity contribution in [1.82, 2.24) is 15.3 Å². The summed E-state index contributed by atoms with van der Waals surface area (Å²) < 4.78 is 0. The van der Waals surface area contributed by atoms with Crippen molar-refractivity contribution in [3.05, 3.63) is 59.1 Å². The number of thiophene rings is 1. The standard InChI is InChI=1S/C22H26N4O3S/c1-13(2)18(12-27)25-21(29)20-8-7-19(30-20)17-9-10-23-22(26-17)24-16-6-4-5-15(11-16)14(3)28/h4-11,13-14,18,27-28H,12H2,1-3H3,(H,25,29)(H,23,24,26). The summed E-state index contributed by atoms with van der Waals surface area (Å²) in [5, 5.41) is 25.2. The molecule has 8 heteroatoms. The molecule has 2 atom stereocenters. The molecule has 0 aliphatic heterocycles. The van der Waals surface area contributed by atoms with Gasteiger partial charge in [0.1, 0.15) is 0 Å². The molecule has 2 aromatic heterocycles. The molecule has 0 saturated heterocycles. The van der Waals surface area contributed by atoms with Gasteiger partial charge in [-0.3, -0.25) is 4.79 Å². The molecule has 2 unspecified atom stereocenters. The van der Waals surface area contributed by atoms with Crippen LogP contribution < -0.4 is 10.6 Å². The summed E-state index contributed by atoms with van der Waals surface area (Å²) in [6.45, 7) is 5.52. The molecule has 158 valence electrons. The predicted molar refractivity (Wildman–Crippen MR) is 119 cm³/mol. The first kappa shape index (κ1) is 21.9. The van der Waals surface area contributed by atoms with Gasteiger partial charge in [-0.2, -0.15) is 0 Å². The fraction of sp³-hybridized carbons (Fsp3) is 0.318. The van der Waals surface area contributed by atoms with Crippen molar-refractivity contribution >= 4 is 28.9 Å². The van der Waals surface area contributed by atoms with E-state index in [1.807, 2.05) is 44.2 Å². The minimum atomic E-state index is -0.559. The summed E-state index contributed by atoms with van der Waals surface area (Å²) in [5.41, 5.74) is 2.28. The second-order valence-corrected chi connectivity index (χ2v) is 8.45. The largest absolute Gasteiger partial charge is 0.394 e. The van der Waals surface area contributed by atoms with Gasteiger partial charge in [-0.05, 0) is 48.7 Å². The lowest BCUT2D eigenvalue weighted by atomic mass is 10.1. The number of carbonyl (C=O) groups excluding carboxylic acids is 1. The summed E-state index contributed by atoms with van der Waals surface area (Å²) in [4.78, 5) is 22.7. The molecule has 0 radical (unpaired) electrons. The highest BCUT2D eigenvalue weighted by Crippen LogP contribution is 2.28. The minimum Gasteiger partial charge on any atom is -0.394 e. The molecule has 2 heterocycles. The van der Waals surface area contributed by atoms with Crippen LogP contribution in [0.25, 0.3) is 10.6 Å². The van der Waals surface area contributed by atoms with Crippen molar-refractivity contribution in [2.24, 2.45) is 5.92 Å². The summed E-state index contributed by atoms with van der Waals surface area (Å²) in [6, 6.07) is 12.5. The van der Waals surface area contributed by atoms with Gasteiger partial charge in [0.25, 0.3) is 5.91 Å². The molecule has 30 heavy (non-hydrogen) atoms. The van der Waals surface area contributed by atoms with Crippen molar-refractivity contribution in [2.45, 2.75) is 32.9 Å². The molecular weight excluding hydrogens is 400 g/mol. The molecule has 4 N–H and O–H groups in total. The Morgan fingerprint density at radius 1 is 1.17 bits per heavy atom. The number of aliphatic hydroxyl groups is 2. The Labute approximate surface area is 179 Å². The summed E-state index contributed by atoms with van der Waals surface area (Å²) >= 11 is 1.33. The predicted octanol–water partition coefficient (Wildman–Crippen LogP) is 3.75. The van der Waals surface area contributed by atoms with Crippen LogP contribution >= 0.6 is 11.3 Å². The summed E-state index contributed by atoms with van der Waals surface area (Å²) in [5.74, 6) is 0.359. The fourth-order valence-electron chi connectivity index (χ4n) is 2.82. The lowest BCUT2D eigenvalue weighted by Crippen LogP contribution is -2.40. The third-order valence-corrected chi connectivity index (χ3v) is 5.79. The third-order valence-electron chi connectivity index (χ3n) is 4.68. The number of nitrogens with zero attached hydrogens (tertiary/aromatic N) is 2. The van der Waals surface area contributed by atoms with E-state index in [4.69, 9.17) is 0 Å². The van der Waals surface area contributed by atoms with E-state index in [0.29, 0.717) is 16.5 Å². The van der Waals surface area contributed by atoms with Crippen LogP contribution in [-0.2, 0) is 0 Å². The number of rotatable bonds is 8. The highest BCUT2D eigenvalue weighted by atomic mass is 32.1. The monoisotopic (exact) mass is 426 g/mol. The maximum Gasteiger partial charge on any atom is 0.261 e. The van der Waals surface area contributed by atoms with Crippen molar-refractivity contribution < 1.29 is 15.0 Å². The Balaban J connectivity index is 1.75. The second-order valence-electron chi connectivity index (χ2n) is 7.36. The van der Waals surface area contributed by atoms with E-state index in [-0.39, 0.29) is 24.5 Å². The number of nitrogens with one attached hydrogen (secondary N) is 2. The molecule has 0 bridgehead atoms. The van der Waals surface area contributed by atoms with Crippen molar-refractivity contribution in [3.8, 4) is 10.6 Å². The van der Waals surface area contributed by atoms with E-state index in [1.54, 1.807) is 25.3 Å². The number of benzene rings is 1. The summed E-state index contributed by atoms with van der Waals surface area (Å²) in [7, 11) is 0. The quantitative estimate of drug-likeness (QED) is 0.437. The van der Waals surface area contributed by atoms with Gasteiger partial charge in [0.15, 0.2) is 0 Å². The van der Waals surface area contributed by atoms with E-state index < -0.39 is 6.10 Å². The molecule has 3 rings (SSSR count). The first-order valence-corrected chi connectivity index (χ1v) is 10.6. The Hall–Kier alpha value is -2.81. The Bertz CT molecular complexity index is 1000. The summed E-state index contributed by atoms with van der Waals surface area (Å²) in [6.07, 6.45) is 1.10. The molecule has 1 aromatic carbocycles. The zero-order valence-electron chi connectivity index (χ0n) is 17.2. The van der Waals surface area contributed by atoms with E-state index in [9.17, 15) is 15.0 Å². The smallest absolute Gasteiger partial charge is 0.261 e. The van der Waals surface area contributed by atoms with Crippen LogP contribution in [0.5, 0.6) is 0 Å². The van der Waals surface area contributed by atoms with Crippen LogP contribution in [0.1, 0.15) is 42.1 Å². The van der Waals surface area contributed by atoms with Gasteiger partial charge in [-0.1, -0.05) is 26.0 Å². The first-order chi connectivity index (χ1) is 14.4. The first-order valence-electron chi connectivity index (χ1n) is 9.77. The van der Waals surface area contributed by atoms with Gasteiger partial charge >= 0.3 is 0 Å². The second kappa shape index (κ2) is 9.80. The van der Waals surface area contributed by atoms with Crippen LogP contribution in [0.4, 0.5) is 11.6 Å². The maximum absolute atomic E-state index is 12.5. The SMILES string of the molecule is CC(O)c1cccc(Nc2nccc(-c3ccc(C(=O)NC(CO)C(C)C)s3)n2)c1. The zero-order valence-corrected chi connectivity index (χ0v) is 18.0. The van der Waals surface area contributed by atoms with Crippen LogP contribution in [0.3, 0.4) is 0 Å². The number of aromatic nitrogens is 2. The number of carbonyl (C=O) groups is 1. The van der Waals surface area contributed by atoms with Crippen LogP contribution in [0.2, 0.25) is 0 Å². The average Bonchev–Trinajstić information content (AvgIpc) is 3.22. The van der Waals surface area contributed by atoms with Gasteiger partial charge in [0.2, 0.25) is 5.95 Å². The molecule has 0 saturated carbocycles. The molecule has 0 aliphatic rings. The molecular formula is C22H26N4O3S. The van der Waals surface area contributed by atoms with Gasteiger partial charge in [0, 0.05) is 11.9 Å². The lowest BCUT2D eigenvalue weighted by Gasteiger charge is -2.19. The molecule has 0 fully saturated rings. The third kappa shape index (κ3) is 5.41. The molecule has 1 amide bonds. The van der Waals surface area contributed by atoms with Gasteiger partial charge in [0.05, 0.1) is 34.2 Å². The number of hydrogen-bond donors (Lipinski definition) is 4. The normalized spacial score (nSPS) is 13.1. The molecule has 0 aliphatic carbocycles. The molecule has 7 nitrogen and oxygen atoms in total. The highest BCUT2D eigenvalue weighted by molar-refractivity contribution is 7.17. The number of aliphatic hydroxyl groups excluding tert-OH is 2. The maximum atomic E-state index is 12.5. The molecule has 0 spiro atoms. The fourth-order valence-corrected chi connectivity index (χ4v) is 3.70. The van der Waals surface area contributed by atoms with Crippen molar-refractivity contribution in [3.63, 3.8) is 0 Å². The van der Waals surface area contributed by atoms with E-state index >= 15 is 0 Å². The number of anilines is 2. The average molecular weight is 427 g/mol. The highest BCUT2D eigenvalue weighted by Gasteiger charge is 2.18. The van der Waals surface area contributed by atoms with Gasteiger partial charge < -0.3 is 20.8 Å². The molecule has 3 aromatic rings. The Kier molecular flexibility index (Phi) is 7.15. The number of hydrogen-bond acceptors (Lipinski definition) is 7. The Morgan fingerprint density at radius 3 is 2.67 bits per heavy atom. The van der Waals surface area contributed by atoms with E-state index in [0.717, 1.165) is 16.1 Å².